The highest BCUT2D eigenvalue weighted by atomic mass is 32.2. The molecule has 1 amide bonds. The first-order chi connectivity index (χ1) is 11.6. The zero-order valence-corrected chi connectivity index (χ0v) is 15.8. The van der Waals surface area contributed by atoms with Crippen LogP contribution in [-0.4, -0.2) is 43.4 Å². The lowest BCUT2D eigenvalue weighted by molar-refractivity contribution is -0.119. The van der Waals surface area contributed by atoms with Crippen LogP contribution in [0.2, 0.25) is 0 Å². The monoisotopic (exact) mass is 363 g/mol. The van der Waals surface area contributed by atoms with E-state index < -0.39 is 10.0 Å². The number of amides is 1. The van der Waals surface area contributed by atoms with Gasteiger partial charge in [0.05, 0.1) is 11.3 Å². The summed E-state index contributed by atoms with van der Waals surface area (Å²) in [5.41, 5.74) is 0.948. The molecule has 4 rings (SSSR count). The fraction of sp³-hybridized carbons (Fsp3) is 0.667. The number of nitrogens with zero attached hydrogens (tertiary/aromatic N) is 2. The molecule has 6 nitrogen and oxygen atoms in total. The first-order valence-corrected chi connectivity index (χ1v) is 10.5. The predicted molar refractivity (Wildman–Crippen MR) is 96.3 cm³/mol. The summed E-state index contributed by atoms with van der Waals surface area (Å²) in [4.78, 5) is 14.5. The van der Waals surface area contributed by atoms with E-state index >= 15 is 0 Å². The van der Waals surface area contributed by atoms with E-state index in [1.54, 1.807) is 23.3 Å². The van der Waals surface area contributed by atoms with Crippen molar-refractivity contribution in [2.24, 2.45) is 21.1 Å². The maximum atomic E-state index is 12.8. The molecular weight excluding hydrogens is 338 g/mol. The molecule has 2 bridgehead atoms. The van der Waals surface area contributed by atoms with Crippen LogP contribution in [0.5, 0.6) is 0 Å². The zero-order chi connectivity index (χ0) is 18.0. The second-order valence-corrected chi connectivity index (χ2v) is 10.2. The molecule has 0 aromatic rings. The molecule has 2 heterocycles. The van der Waals surface area contributed by atoms with Crippen molar-refractivity contribution in [3.8, 4) is 0 Å². The standard InChI is InChI=1S/C18H25N3O3S/c1-17(2)13-6-7-18(17,3)14(10-13)19-16(22)12-4-5-15-20-25(23,24)9-8-21(15)11-12/h4-5,11,13-14H,6-10H2,1-3H3,(H,19,22). The molecule has 2 aliphatic heterocycles. The third-order valence-corrected chi connectivity index (χ3v) is 8.35. The molecule has 2 saturated carbocycles. The lowest BCUT2D eigenvalue weighted by atomic mass is 9.69. The number of sulfonamides is 1. The summed E-state index contributed by atoms with van der Waals surface area (Å²) in [6, 6.07) is 0.194. The summed E-state index contributed by atoms with van der Waals surface area (Å²) < 4.78 is 26.9. The van der Waals surface area contributed by atoms with Crippen molar-refractivity contribution < 1.29 is 13.2 Å². The Hall–Kier alpha value is -1.63. The minimum absolute atomic E-state index is 0.0215. The molecule has 136 valence electrons. The number of carbonyl (C=O) groups is 1. The van der Waals surface area contributed by atoms with Gasteiger partial charge in [0.15, 0.2) is 0 Å². The van der Waals surface area contributed by atoms with Crippen LogP contribution in [0.3, 0.4) is 0 Å². The number of hydrogen-bond acceptors (Lipinski definition) is 4. The average Bonchev–Trinajstić information content (AvgIpc) is 2.87. The van der Waals surface area contributed by atoms with Crippen LogP contribution in [0, 0.1) is 16.7 Å². The molecule has 0 saturated heterocycles. The predicted octanol–water partition coefficient (Wildman–Crippen LogP) is 1.81. The van der Waals surface area contributed by atoms with E-state index in [0.717, 1.165) is 12.8 Å². The van der Waals surface area contributed by atoms with Gasteiger partial charge in [0.25, 0.3) is 15.9 Å². The van der Waals surface area contributed by atoms with Crippen molar-refractivity contribution in [1.29, 1.82) is 0 Å². The minimum Gasteiger partial charge on any atom is -0.349 e. The van der Waals surface area contributed by atoms with Crippen molar-refractivity contribution >= 4 is 21.8 Å². The Morgan fingerprint density at radius 1 is 1.32 bits per heavy atom. The van der Waals surface area contributed by atoms with Gasteiger partial charge in [0, 0.05) is 18.8 Å². The number of amidine groups is 1. The van der Waals surface area contributed by atoms with E-state index in [0.29, 0.717) is 23.9 Å². The fourth-order valence-corrected chi connectivity index (χ4v) is 5.97. The molecule has 7 heteroatoms. The Balaban J connectivity index is 1.51. The topological polar surface area (TPSA) is 78.8 Å². The van der Waals surface area contributed by atoms with Crippen molar-refractivity contribution in [3.63, 3.8) is 0 Å². The summed E-state index contributed by atoms with van der Waals surface area (Å²) >= 11 is 0. The zero-order valence-electron chi connectivity index (χ0n) is 14.9. The van der Waals surface area contributed by atoms with Gasteiger partial charge in [0.1, 0.15) is 5.84 Å². The third kappa shape index (κ3) is 2.46. The normalized spacial score (nSPS) is 37.3. The largest absolute Gasteiger partial charge is 0.349 e. The summed E-state index contributed by atoms with van der Waals surface area (Å²) in [6.45, 7) is 7.29. The molecule has 0 radical (unpaired) electrons. The molecule has 3 atom stereocenters. The van der Waals surface area contributed by atoms with Crippen LogP contribution in [0.15, 0.2) is 28.3 Å². The van der Waals surface area contributed by atoms with Gasteiger partial charge in [-0.05, 0) is 48.2 Å². The van der Waals surface area contributed by atoms with Gasteiger partial charge >= 0.3 is 0 Å². The lowest BCUT2D eigenvalue weighted by Crippen LogP contribution is -2.47. The average molecular weight is 363 g/mol. The van der Waals surface area contributed by atoms with Crippen LogP contribution in [0.25, 0.3) is 0 Å². The van der Waals surface area contributed by atoms with E-state index in [1.807, 2.05) is 0 Å². The van der Waals surface area contributed by atoms with E-state index in [9.17, 15) is 13.2 Å². The van der Waals surface area contributed by atoms with Gasteiger partial charge in [-0.1, -0.05) is 20.8 Å². The molecule has 25 heavy (non-hydrogen) atoms. The number of hydrogen-bond donors (Lipinski definition) is 1. The SMILES string of the molecule is CC1(C)C2CCC1(C)C(NC(=O)C1=CN3CCS(=O)(=O)N=C3C=C1)C2. The van der Waals surface area contributed by atoms with Crippen molar-refractivity contribution in [3.05, 3.63) is 23.9 Å². The van der Waals surface area contributed by atoms with Crippen LogP contribution < -0.4 is 5.32 Å². The molecule has 3 unspecified atom stereocenters. The van der Waals surface area contributed by atoms with Crippen LogP contribution >= 0.6 is 0 Å². The maximum absolute atomic E-state index is 12.8. The van der Waals surface area contributed by atoms with Crippen molar-refractivity contribution in [1.82, 2.24) is 10.2 Å². The van der Waals surface area contributed by atoms with E-state index in [4.69, 9.17) is 0 Å². The van der Waals surface area contributed by atoms with Crippen molar-refractivity contribution in [2.45, 2.75) is 46.1 Å². The van der Waals surface area contributed by atoms with Crippen LogP contribution in [0.1, 0.15) is 40.0 Å². The first-order valence-electron chi connectivity index (χ1n) is 8.92. The smallest absolute Gasteiger partial charge is 0.256 e. The molecule has 0 aromatic carbocycles. The highest BCUT2D eigenvalue weighted by Crippen LogP contribution is 2.65. The van der Waals surface area contributed by atoms with Crippen molar-refractivity contribution in [2.75, 3.05) is 12.3 Å². The molecule has 0 spiro atoms. The number of fused-ring (bicyclic) bond motifs is 3. The van der Waals surface area contributed by atoms with Gasteiger partial charge in [-0.15, -0.1) is 4.40 Å². The quantitative estimate of drug-likeness (QED) is 0.812. The Labute approximate surface area is 149 Å². The Kier molecular flexibility index (Phi) is 3.49. The van der Waals surface area contributed by atoms with E-state index in [-0.39, 0.29) is 28.5 Å². The lowest BCUT2D eigenvalue weighted by Gasteiger charge is -2.39. The summed E-state index contributed by atoms with van der Waals surface area (Å²) in [7, 11) is -3.37. The summed E-state index contributed by atoms with van der Waals surface area (Å²) in [5.74, 6) is 0.950. The van der Waals surface area contributed by atoms with Gasteiger partial charge in [0.2, 0.25) is 0 Å². The van der Waals surface area contributed by atoms with Gasteiger partial charge < -0.3 is 10.2 Å². The Bertz CT molecular complexity index is 825. The molecule has 2 fully saturated rings. The molecule has 1 N–H and O–H groups in total. The first kappa shape index (κ1) is 16.8. The summed E-state index contributed by atoms with van der Waals surface area (Å²) in [5, 5.41) is 3.24. The fourth-order valence-electron chi connectivity index (χ4n) is 5.00. The minimum atomic E-state index is -3.37. The third-order valence-electron chi connectivity index (χ3n) is 7.19. The number of carbonyl (C=O) groups excluding carboxylic acids is 1. The van der Waals surface area contributed by atoms with Crippen LogP contribution in [-0.2, 0) is 14.8 Å². The van der Waals surface area contributed by atoms with Crippen LogP contribution in [0.4, 0.5) is 0 Å². The second-order valence-electron chi connectivity index (χ2n) is 8.48. The van der Waals surface area contributed by atoms with E-state index in [2.05, 4.69) is 30.5 Å². The molecule has 0 aromatic heterocycles. The highest BCUT2D eigenvalue weighted by Gasteiger charge is 2.61. The highest BCUT2D eigenvalue weighted by molar-refractivity contribution is 7.90. The second kappa shape index (κ2) is 5.19. The molecular formula is C18H25N3O3S. The summed E-state index contributed by atoms with van der Waals surface area (Å²) in [6.07, 6.45) is 8.43. The number of nitrogens with one attached hydrogen (secondary N) is 1. The molecule has 4 aliphatic rings. The van der Waals surface area contributed by atoms with Gasteiger partial charge in [-0.3, -0.25) is 4.79 Å². The van der Waals surface area contributed by atoms with Gasteiger partial charge in [-0.2, -0.15) is 0 Å². The Morgan fingerprint density at radius 2 is 2.08 bits per heavy atom. The van der Waals surface area contributed by atoms with E-state index in [1.165, 1.54) is 6.42 Å². The van der Waals surface area contributed by atoms with Gasteiger partial charge in [-0.25, -0.2) is 8.42 Å². The maximum Gasteiger partial charge on any atom is 0.256 e. The molecule has 2 aliphatic carbocycles. The Morgan fingerprint density at radius 3 is 2.72 bits per heavy atom. The number of rotatable bonds is 2.